The van der Waals surface area contributed by atoms with Gasteiger partial charge in [0.1, 0.15) is 0 Å². The number of nitrogens with two attached hydrogens (primary N) is 1. The van der Waals surface area contributed by atoms with Crippen LogP contribution in [0.15, 0.2) is 18.2 Å². The van der Waals surface area contributed by atoms with Gasteiger partial charge in [0.25, 0.3) is 0 Å². The van der Waals surface area contributed by atoms with Gasteiger partial charge in [-0.1, -0.05) is 13.0 Å². The molecule has 140 valence electrons. The molecule has 1 fully saturated rings. The van der Waals surface area contributed by atoms with Crippen LogP contribution < -0.4 is 20.5 Å². The van der Waals surface area contributed by atoms with Gasteiger partial charge in [-0.15, -0.1) is 0 Å². The van der Waals surface area contributed by atoms with Crippen molar-refractivity contribution in [3.8, 4) is 11.5 Å². The summed E-state index contributed by atoms with van der Waals surface area (Å²) in [7, 11) is 3.24. The summed E-state index contributed by atoms with van der Waals surface area (Å²) in [5.74, 6) is 1.14. The van der Waals surface area contributed by atoms with Crippen LogP contribution in [0.1, 0.15) is 18.5 Å². The molecule has 1 aliphatic rings. The topological polar surface area (TPSA) is 86.0 Å². The van der Waals surface area contributed by atoms with E-state index in [1.54, 1.807) is 14.2 Å². The van der Waals surface area contributed by atoms with Gasteiger partial charge < -0.3 is 25.3 Å². The van der Waals surface area contributed by atoms with E-state index in [1.165, 1.54) is 0 Å². The summed E-state index contributed by atoms with van der Waals surface area (Å²) in [5, 5.41) is 3.02. The lowest BCUT2D eigenvalue weighted by molar-refractivity contribution is -0.124. The Hall–Kier alpha value is -1.83. The van der Waals surface area contributed by atoms with Crippen LogP contribution in [0.2, 0.25) is 0 Å². The van der Waals surface area contributed by atoms with Crippen LogP contribution in [-0.2, 0) is 9.53 Å². The Balaban J connectivity index is 2.20. The zero-order chi connectivity index (χ0) is 18.2. The van der Waals surface area contributed by atoms with Crippen molar-refractivity contribution in [2.45, 2.75) is 13.0 Å². The summed E-state index contributed by atoms with van der Waals surface area (Å²) in [5.41, 5.74) is 6.65. The lowest BCUT2D eigenvalue weighted by Crippen LogP contribution is -2.45. The van der Waals surface area contributed by atoms with E-state index in [1.807, 2.05) is 25.1 Å². The molecule has 0 bridgehead atoms. The number of hydrogen-bond acceptors (Lipinski definition) is 6. The van der Waals surface area contributed by atoms with Gasteiger partial charge in [-0.3, -0.25) is 9.69 Å². The first kappa shape index (κ1) is 19.5. The van der Waals surface area contributed by atoms with Crippen molar-refractivity contribution in [3.63, 3.8) is 0 Å². The Morgan fingerprint density at radius 1 is 1.28 bits per heavy atom. The van der Waals surface area contributed by atoms with Crippen molar-refractivity contribution in [1.29, 1.82) is 0 Å². The minimum atomic E-state index is -0.198. The van der Waals surface area contributed by atoms with E-state index in [0.717, 1.165) is 18.7 Å². The minimum absolute atomic E-state index is 0.0266. The number of amides is 1. The van der Waals surface area contributed by atoms with Gasteiger partial charge in [0, 0.05) is 32.1 Å². The van der Waals surface area contributed by atoms with Crippen molar-refractivity contribution in [1.82, 2.24) is 10.2 Å². The molecule has 1 amide bonds. The number of carbonyl (C=O) groups excluding carboxylic acids is 1. The molecule has 0 saturated carbocycles. The third kappa shape index (κ3) is 5.07. The molecular weight excluding hydrogens is 322 g/mol. The van der Waals surface area contributed by atoms with E-state index >= 15 is 0 Å². The quantitative estimate of drug-likeness (QED) is 0.720. The molecule has 7 nitrogen and oxygen atoms in total. The summed E-state index contributed by atoms with van der Waals surface area (Å²) in [4.78, 5) is 14.5. The SMILES string of the molecule is COc1ccc(C(CNC(=O)C(C)CN)N2CCOCC2)cc1OC. The van der Waals surface area contributed by atoms with Gasteiger partial charge in [0.15, 0.2) is 11.5 Å². The molecule has 2 atom stereocenters. The highest BCUT2D eigenvalue weighted by Gasteiger charge is 2.25. The molecule has 0 aliphatic carbocycles. The predicted octanol–water partition coefficient (Wildman–Crippen LogP) is 0.788. The smallest absolute Gasteiger partial charge is 0.224 e. The van der Waals surface area contributed by atoms with Gasteiger partial charge in [-0.05, 0) is 17.7 Å². The summed E-state index contributed by atoms with van der Waals surface area (Å²) >= 11 is 0. The molecule has 1 saturated heterocycles. The Kier molecular flexibility index (Phi) is 7.49. The molecule has 0 radical (unpaired) electrons. The Morgan fingerprint density at radius 3 is 2.56 bits per heavy atom. The molecule has 1 aliphatic heterocycles. The molecule has 1 aromatic carbocycles. The van der Waals surface area contributed by atoms with Crippen molar-refractivity contribution in [2.75, 3.05) is 53.6 Å². The van der Waals surface area contributed by atoms with Gasteiger partial charge in [-0.25, -0.2) is 0 Å². The predicted molar refractivity (Wildman–Crippen MR) is 95.9 cm³/mol. The van der Waals surface area contributed by atoms with Crippen LogP contribution in [-0.4, -0.2) is 64.4 Å². The van der Waals surface area contributed by atoms with E-state index in [2.05, 4.69) is 10.2 Å². The average Bonchev–Trinajstić information content (AvgIpc) is 2.67. The molecule has 3 N–H and O–H groups in total. The fraction of sp³-hybridized carbons (Fsp3) is 0.611. The van der Waals surface area contributed by atoms with Crippen LogP contribution in [0.5, 0.6) is 11.5 Å². The van der Waals surface area contributed by atoms with Crippen molar-refractivity contribution in [2.24, 2.45) is 11.7 Å². The number of benzene rings is 1. The first-order chi connectivity index (χ1) is 12.1. The third-order valence-electron chi connectivity index (χ3n) is 4.55. The zero-order valence-electron chi connectivity index (χ0n) is 15.3. The van der Waals surface area contributed by atoms with Crippen molar-refractivity contribution in [3.05, 3.63) is 23.8 Å². The molecule has 7 heteroatoms. The first-order valence-corrected chi connectivity index (χ1v) is 8.62. The Labute approximate surface area is 149 Å². The number of methoxy groups -OCH3 is 2. The normalized spacial score (nSPS) is 17.6. The standard InChI is InChI=1S/C18H29N3O4/c1-13(11-19)18(22)20-12-15(21-6-8-25-9-7-21)14-4-5-16(23-2)17(10-14)24-3/h4-5,10,13,15H,6-9,11-12,19H2,1-3H3,(H,20,22). The number of nitrogens with zero attached hydrogens (tertiary/aromatic N) is 1. The monoisotopic (exact) mass is 351 g/mol. The molecule has 0 aromatic heterocycles. The second-order valence-corrected chi connectivity index (χ2v) is 6.16. The van der Waals surface area contributed by atoms with E-state index in [-0.39, 0.29) is 17.9 Å². The summed E-state index contributed by atoms with van der Waals surface area (Å²) in [6.45, 7) is 5.70. The number of carbonyl (C=O) groups is 1. The van der Waals surface area contributed by atoms with E-state index in [9.17, 15) is 4.79 Å². The molecule has 0 spiro atoms. The fourth-order valence-corrected chi connectivity index (χ4v) is 2.89. The molecule has 1 aromatic rings. The zero-order valence-corrected chi connectivity index (χ0v) is 15.3. The summed E-state index contributed by atoms with van der Waals surface area (Å²) < 4.78 is 16.2. The average molecular weight is 351 g/mol. The Morgan fingerprint density at radius 2 is 1.96 bits per heavy atom. The molecule has 1 heterocycles. The number of morpholine rings is 1. The van der Waals surface area contributed by atoms with Crippen LogP contribution in [0.3, 0.4) is 0 Å². The van der Waals surface area contributed by atoms with Crippen LogP contribution >= 0.6 is 0 Å². The van der Waals surface area contributed by atoms with E-state index < -0.39 is 0 Å². The third-order valence-corrected chi connectivity index (χ3v) is 4.55. The molecule has 2 unspecified atom stereocenters. The van der Waals surface area contributed by atoms with Gasteiger partial charge in [0.05, 0.1) is 33.5 Å². The summed E-state index contributed by atoms with van der Waals surface area (Å²) in [6, 6.07) is 5.92. The van der Waals surface area contributed by atoms with Gasteiger partial charge >= 0.3 is 0 Å². The first-order valence-electron chi connectivity index (χ1n) is 8.62. The van der Waals surface area contributed by atoms with Crippen molar-refractivity contribution < 1.29 is 19.0 Å². The molecule has 2 rings (SSSR count). The van der Waals surface area contributed by atoms with Gasteiger partial charge in [-0.2, -0.15) is 0 Å². The van der Waals surface area contributed by atoms with E-state index in [4.69, 9.17) is 19.9 Å². The summed E-state index contributed by atoms with van der Waals surface area (Å²) in [6.07, 6.45) is 0. The highest BCUT2D eigenvalue weighted by molar-refractivity contribution is 5.78. The largest absolute Gasteiger partial charge is 0.493 e. The second kappa shape index (κ2) is 9.60. The molecule has 25 heavy (non-hydrogen) atoms. The highest BCUT2D eigenvalue weighted by atomic mass is 16.5. The van der Waals surface area contributed by atoms with Crippen molar-refractivity contribution >= 4 is 5.91 Å². The van der Waals surface area contributed by atoms with Gasteiger partial charge in [0.2, 0.25) is 5.91 Å². The number of ether oxygens (including phenoxy) is 3. The maximum atomic E-state index is 12.1. The Bertz CT molecular complexity index is 561. The number of rotatable bonds is 8. The van der Waals surface area contributed by atoms with E-state index in [0.29, 0.717) is 37.8 Å². The lowest BCUT2D eigenvalue weighted by atomic mass is 10.0. The molecular formula is C18H29N3O4. The van der Waals surface area contributed by atoms with Crippen LogP contribution in [0.4, 0.5) is 0 Å². The number of hydrogen-bond donors (Lipinski definition) is 2. The fourth-order valence-electron chi connectivity index (χ4n) is 2.89. The minimum Gasteiger partial charge on any atom is -0.493 e. The maximum absolute atomic E-state index is 12.1. The number of nitrogens with one attached hydrogen (secondary N) is 1. The lowest BCUT2D eigenvalue weighted by Gasteiger charge is -2.35. The van der Waals surface area contributed by atoms with Crippen LogP contribution in [0.25, 0.3) is 0 Å². The van der Waals surface area contributed by atoms with Crippen LogP contribution in [0, 0.1) is 5.92 Å². The maximum Gasteiger partial charge on any atom is 0.224 e. The highest BCUT2D eigenvalue weighted by Crippen LogP contribution is 2.32. The second-order valence-electron chi connectivity index (χ2n) is 6.16.